The second-order valence-electron chi connectivity index (χ2n) is 5.05. The molecule has 114 valence electrons. The zero-order valence-corrected chi connectivity index (χ0v) is 13.2. The van der Waals surface area contributed by atoms with Crippen molar-refractivity contribution in [3.8, 4) is 17.1 Å². The van der Waals surface area contributed by atoms with Gasteiger partial charge in [-0.05, 0) is 12.3 Å². The molecule has 2 heterocycles. The molecule has 0 radical (unpaired) electrons. The van der Waals surface area contributed by atoms with Gasteiger partial charge >= 0.3 is 0 Å². The Morgan fingerprint density at radius 1 is 1.00 bits per heavy atom. The van der Waals surface area contributed by atoms with Crippen molar-refractivity contribution in [2.24, 2.45) is 0 Å². The fraction of sp³-hybridized carbons (Fsp3) is 0.118. The van der Waals surface area contributed by atoms with Crippen LogP contribution in [0.1, 0.15) is 11.8 Å². The molecule has 1 aromatic heterocycles. The zero-order valence-electron chi connectivity index (χ0n) is 12.4. The molecule has 1 atom stereocenters. The first-order valence-corrected chi connectivity index (χ1v) is 8.44. The summed E-state index contributed by atoms with van der Waals surface area (Å²) < 4.78 is 6.13. The molecule has 5 nitrogen and oxygen atoms in total. The maximum atomic E-state index is 6.13. The van der Waals surface area contributed by atoms with Gasteiger partial charge in [0.1, 0.15) is 0 Å². The molecule has 1 N–H and O–H groups in total. The third-order valence-electron chi connectivity index (χ3n) is 3.62. The van der Waals surface area contributed by atoms with Gasteiger partial charge in [0.05, 0.1) is 0 Å². The van der Waals surface area contributed by atoms with Crippen LogP contribution in [0, 0.1) is 0 Å². The topological polar surface area (TPSA) is 59.9 Å². The first-order valence-electron chi connectivity index (χ1n) is 7.21. The van der Waals surface area contributed by atoms with E-state index in [-0.39, 0.29) is 6.23 Å². The number of hydrogen-bond donors (Lipinski definition) is 1. The largest absolute Gasteiger partial charge is 0.448 e. The Morgan fingerprint density at radius 2 is 1.78 bits per heavy atom. The summed E-state index contributed by atoms with van der Waals surface area (Å²) in [6, 6.07) is 18.0. The van der Waals surface area contributed by atoms with Crippen LogP contribution in [0.2, 0.25) is 0 Å². The summed E-state index contributed by atoms with van der Waals surface area (Å²) in [6.45, 7) is 0. The standard InChI is InChI=1S/C17H14N4OS/c1-23-17-19-16-14(20-21-17)12-9-5-6-10-13(12)18-15(22-16)11-7-3-2-4-8-11/h2-10,15,18H,1H3. The van der Waals surface area contributed by atoms with Crippen molar-refractivity contribution in [2.75, 3.05) is 11.6 Å². The van der Waals surface area contributed by atoms with Crippen molar-refractivity contribution >= 4 is 17.4 Å². The molecule has 1 aliphatic heterocycles. The van der Waals surface area contributed by atoms with Gasteiger partial charge in [-0.25, -0.2) is 0 Å². The van der Waals surface area contributed by atoms with E-state index in [9.17, 15) is 0 Å². The van der Waals surface area contributed by atoms with E-state index in [4.69, 9.17) is 4.74 Å². The van der Waals surface area contributed by atoms with E-state index >= 15 is 0 Å². The smallest absolute Gasteiger partial charge is 0.247 e. The van der Waals surface area contributed by atoms with Gasteiger partial charge in [0.2, 0.25) is 11.0 Å². The maximum Gasteiger partial charge on any atom is 0.247 e. The lowest BCUT2D eigenvalue weighted by molar-refractivity contribution is 0.225. The highest BCUT2D eigenvalue weighted by atomic mass is 32.2. The predicted molar refractivity (Wildman–Crippen MR) is 90.5 cm³/mol. The summed E-state index contributed by atoms with van der Waals surface area (Å²) in [5, 5.41) is 12.5. The quantitative estimate of drug-likeness (QED) is 0.725. The van der Waals surface area contributed by atoms with Gasteiger partial charge in [-0.1, -0.05) is 60.3 Å². The minimum atomic E-state index is -0.329. The Morgan fingerprint density at radius 3 is 2.61 bits per heavy atom. The van der Waals surface area contributed by atoms with Crippen LogP contribution in [0.5, 0.6) is 5.88 Å². The fourth-order valence-corrected chi connectivity index (χ4v) is 2.81. The zero-order chi connectivity index (χ0) is 15.6. The Hall–Kier alpha value is -2.60. The number of para-hydroxylation sites is 1. The molecule has 0 spiro atoms. The predicted octanol–water partition coefficient (Wildman–Crippen LogP) is 3.76. The van der Waals surface area contributed by atoms with Crippen LogP contribution in [0.25, 0.3) is 11.3 Å². The van der Waals surface area contributed by atoms with E-state index in [0.29, 0.717) is 16.7 Å². The number of benzene rings is 2. The molecule has 4 rings (SSSR count). The van der Waals surface area contributed by atoms with Gasteiger partial charge in [-0.3, -0.25) is 0 Å². The van der Waals surface area contributed by atoms with Crippen molar-refractivity contribution in [1.29, 1.82) is 0 Å². The van der Waals surface area contributed by atoms with E-state index in [1.54, 1.807) is 0 Å². The molecule has 3 aromatic rings. The SMILES string of the molecule is CSc1nnc2c(n1)OC(c1ccccc1)Nc1ccccc1-2. The van der Waals surface area contributed by atoms with Gasteiger partial charge in [0, 0.05) is 16.8 Å². The summed E-state index contributed by atoms with van der Waals surface area (Å²) in [4.78, 5) is 4.49. The molecular formula is C17H14N4OS. The van der Waals surface area contributed by atoms with Crippen LogP contribution in [0.4, 0.5) is 5.69 Å². The summed E-state index contributed by atoms with van der Waals surface area (Å²) in [7, 11) is 0. The molecule has 1 aliphatic rings. The number of anilines is 1. The number of rotatable bonds is 2. The van der Waals surface area contributed by atoms with Gasteiger partial charge in [0.15, 0.2) is 11.9 Å². The van der Waals surface area contributed by atoms with Crippen LogP contribution < -0.4 is 10.1 Å². The van der Waals surface area contributed by atoms with Crippen molar-refractivity contribution in [3.63, 3.8) is 0 Å². The van der Waals surface area contributed by atoms with E-state index in [1.165, 1.54) is 11.8 Å². The molecule has 0 saturated heterocycles. The van der Waals surface area contributed by atoms with Crippen LogP contribution in [0.15, 0.2) is 59.8 Å². The molecule has 23 heavy (non-hydrogen) atoms. The molecule has 0 saturated carbocycles. The third kappa shape index (κ3) is 2.61. The second-order valence-corrected chi connectivity index (χ2v) is 5.82. The maximum absolute atomic E-state index is 6.13. The Balaban J connectivity index is 1.87. The average Bonchev–Trinajstić information content (AvgIpc) is 2.78. The number of thioether (sulfide) groups is 1. The highest BCUT2D eigenvalue weighted by Crippen LogP contribution is 2.39. The third-order valence-corrected chi connectivity index (χ3v) is 4.16. The van der Waals surface area contributed by atoms with E-state index < -0.39 is 0 Å². The van der Waals surface area contributed by atoms with Gasteiger partial charge in [0.25, 0.3) is 0 Å². The first kappa shape index (κ1) is 14.0. The highest BCUT2D eigenvalue weighted by molar-refractivity contribution is 7.98. The molecule has 6 heteroatoms. The minimum absolute atomic E-state index is 0.329. The van der Waals surface area contributed by atoms with E-state index in [2.05, 4.69) is 20.5 Å². The lowest BCUT2D eigenvalue weighted by atomic mass is 10.1. The molecular weight excluding hydrogens is 308 g/mol. The minimum Gasteiger partial charge on any atom is -0.448 e. The summed E-state index contributed by atoms with van der Waals surface area (Å²) in [5.74, 6) is 0.496. The lowest BCUT2D eigenvalue weighted by Crippen LogP contribution is -2.17. The molecule has 1 unspecified atom stereocenters. The highest BCUT2D eigenvalue weighted by Gasteiger charge is 2.25. The monoisotopic (exact) mass is 322 g/mol. The number of ether oxygens (including phenoxy) is 1. The Kier molecular flexibility index (Phi) is 3.59. The van der Waals surface area contributed by atoms with Crippen LogP contribution in [-0.2, 0) is 0 Å². The molecule has 0 bridgehead atoms. The Bertz CT molecular complexity index is 841. The van der Waals surface area contributed by atoms with Crippen molar-refractivity contribution in [3.05, 3.63) is 60.2 Å². The summed E-state index contributed by atoms with van der Waals surface area (Å²) in [6.07, 6.45) is 1.59. The Labute approximate surface area is 138 Å². The lowest BCUT2D eigenvalue weighted by Gasteiger charge is -2.19. The van der Waals surface area contributed by atoms with Crippen molar-refractivity contribution in [1.82, 2.24) is 15.2 Å². The molecule has 2 aromatic carbocycles. The fourth-order valence-electron chi connectivity index (χ4n) is 2.51. The molecule has 0 amide bonds. The van der Waals surface area contributed by atoms with Crippen LogP contribution in [0.3, 0.4) is 0 Å². The van der Waals surface area contributed by atoms with Gasteiger partial charge in [-0.15, -0.1) is 10.2 Å². The number of aromatic nitrogens is 3. The van der Waals surface area contributed by atoms with Crippen LogP contribution >= 0.6 is 11.8 Å². The number of nitrogens with zero attached hydrogens (tertiary/aromatic N) is 3. The number of hydrogen-bond acceptors (Lipinski definition) is 6. The first-order chi connectivity index (χ1) is 11.3. The molecule has 0 fully saturated rings. The summed E-state index contributed by atoms with van der Waals surface area (Å²) >= 11 is 1.44. The van der Waals surface area contributed by atoms with Crippen molar-refractivity contribution in [2.45, 2.75) is 11.4 Å². The number of nitrogens with one attached hydrogen (secondary N) is 1. The van der Waals surface area contributed by atoms with Gasteiger partial charge in [-0.2, -0.15) is 4.98 Å². The second kappa shape index (κ2) is 5.89. The average molecular weight is 322 g/mol. The normalized spacial score (nSPS) is 15.6. The molecule has 0 aliphatic carbocycles. The van der Waals surface area contributed by atoms with Crippen LogP contribution in [-0.4, -0.2) is 21.4 Å². The van der Waals surface area contributed by atoms with Crippen molar-refractivity contribution < 1.29 is 4.74 Å². The van der Waals surface area contributed by atoms with E-state index in [0.717, 1.165) is 16.8 Å². The number of fused-ring (bicyclic) bond motifs is 3. The van der Waals surface area contributed by atoms with E-state index in [1.807, 2.05) is 60.9 Å². The van der Waals surface area contributed by atoms with Gasteiger partial charge < -0.3 is 10.1 Å². The summed E-state index contributed by atoms with van der Waals surface area (Å²) in [5.41, 5.74) is 3.57.